The molecule has 0 heterocycles. The van der Waals surface area contributed by atoms with Crippen LogP contribution in [-0.4, -0.2) is 44.5 Å². The average molecular weight is 471 g/mol. The van der Waals surface area contributed by atoms with E-state index in [1.807, 2.05) is 0 Å². The monoisotopic (exact) mass is 470 g/mol. The molecule has 32 heavy (non-hydrogen) atoms. The lowest BCUT2D eigenvalue weighted by Crippen LogP contribution is -2.35. The van der Waals surface area contributed by atoms with Crippen molar-refractivity contribution in [1.29, 1.82) is 0 Å². The predicted octanol–water partition coefficient (Wildman–Crippen LogP) is 4.82. The second-order valence-electron chi connectivity index (χ2n) is 6.77. The fourth-order valence-electron chi connectivity index (χ4n) is 3.00. The molecule has 0 aromatic heterocycles. The predicted molar refractivity (Wildman–Crippen MR) is 115 cm³/mol. The van der Waals surface area contributed by atoms with Crippen molar-refractivity contribution in [3.8, 4) is 11.5 Å². The number of likely N-dealkylation sites (N-methyl/N-ethyl adjacent to an activating group) is 1. The summed E-state index contributed by atoms with van der Waals surface area (Å²) in [6.07, 6.45) is -2.60. The number of nitrogens with one attached hydrogen (secondary N) is 1. The lowest BCUT2D eigenvalue weighted by molar-refractivity contribution is -0.137. The molecule has 2 aromatic rings. The highest BCUT2D eigenvalue weighted by molar-refractivity contribution is 6.31. The third-order valence-electron chi connectivity index (χ3n) is 4.45. The van der Waals surface area contributed by atoms with Gasteiger partial charge in [-0.25, -0.2) is 0 Å². The Bertz CT molecular complexity index is 1020. The number of benzene rings is 2. The number of ether oxygens (including phenoxy) is 2. The molecule has 0 saturated carbocycles. The van der Waals surface area contributed by atoms with E-state index in [-0.39, 0.29) is 11.3 Å². The molecule has 0 aliphatic heterocycles. The fourth-order valence-corrected chi connectivity index (χ4v) is 3.23. The normalized spacial score (nSPS) is 11.0. The lowest BCUT2D eigenvalue weighted by Gasteiger charge is -2.19. The van der Waals surface area contributed by atoms with E-state index in [1.54, 1.807) is 12.1 Å². The number of rotatable bonds is 8. The van der Waals surface area contributed by atoms with E-state index in [0.717, 1.165) is 17.0 Å². The zero-order chi connectivity index (χ0) is 24.1. The van der Waals surface area contributed by atoms with E-state index in [9.17, 15) is 22.8 Å². The number of halogens is 4. The minimum Gasteiger partial charge on any atom is -0.493 e. The number of hydrogen-bond donors (Lipinski definition) is 1. The van der Waals surface area contributed by atoms with E-state index in [2.05, 4.69) is 11.9 Å². The second-order valence-corrected chi connectivity index (χ2v) is 7.17. The van der Waals surface area contributed by atoms with Crippen molar-refractivity contribution in [1.82, 2.24) is 4.90 Å². The van der Waals surface area contributed by atoms with Gasteiger partial charge in [-0.2, -0.15) is 13.2 Å². The highest BCUT2D eigenvalue weighted by Gasteiger charge is 2.33. The van der Waals surface area contributed by atoms with Crippen LogP contribution in [0.3, 0.4) is 0 Å². The summed E-state index contributed by atoms with van der Waals surface area (Å²) in [5.74, 6) is -0.358. The summed E-state index contributed by atoms with van der Waals surface area (Å²) < 4.78 is 49.6. The maximum absolute atomic E-state index is 13.0. The zero-order valence-electron chi connectivity index (χ0n) is 17.7. The summed E-state index contributed by atoms with van der Waals surface area (Å²) in [5.41, 5.74) is -0.238. The zero-order valence-corrected chi connectivity index (χ0v) is 18.4. The number of alkyl halides is 3. The van der Waals surface area contributed by atoms with Gasteiger partial charge in [0.1, 0.15) is 0 Å². The molecule has 0 aliphatic carbocycles. The maximum atomic E-state index is 13.0. The number of nitrogens with zero attached hydrogens (tertiary/aromatic N) is 1. The van der Waals surface area contributed by atoms with Crippen molar-refractivity contribution >= 4 is 29.1 Å². The molecule has 0 aliphatic rings. The van der Waals surface area contributed by atoms with Crippen LogP contribution in [-0.2, 0) is 17.4 Å². The van der Waals surface area contributed by atoms with Gasteiger partial charge in [-0.3, -0.25) is 9.59 Å². The first-order valence-corrected chi connectivity index (χ1v) is 9.67. The molecule has 0 radical (unpaired) electrons. The van der Waals surface area contributed by atoms with Crippen LogP contribution < -0.4 is 14.8 Å². The standard InChI is InChI=1S/C22H22ClF3N2O4/c1-5-6-13-9-14(10-18(31-3)20(13)32-4)21(30)28(2)12-19(29)27-15-7-8-17(23)16(11-15)22(24,25)26/h5,7-11H,1,6,12H2,2-4H3,(H,27,29). The minimum atomic E-state index is -4.67. The number of carbonyl (C=O) groups is 2. The van der Waals surface area contributed by atoms with Crippen LogP contribution in [0.25, 0.3) is 0 Å². The summed E-state index contributed by atoms with van der Waals surface area (Å²) in [4.78, 5) is 26.3. The molecule has 2 amide bonds. The maximum Gasteiger partial charge on any atom is 0.417 e. The van der Waals surface area contributed by atoms with Gasteiger partial charge in [0.2, 0.25) is 5.91 Å². The molecule has 10 heteroatoms. The second kappa shape index (κ2) is 10.4. The smallest absolute Gasteiger partial charge is 0.417 e. The van der Waals surface area contributed by atoms with Gasteiger partial charge in [-0.15, -0.1) is 6.58 Å². The first kappa shape index (κ1) is 25.1. The highest BCUT2D eigenvalue weighted by atomic mass is 35.5. The quantitative estimate of drug-likeness (QED) is 0.562. The molecule has 1 N–H and O–H groups in total. The molecule has 172 valence electrons. The van der Waals surface area contributed by atoms with Gasteiger partial charge in [0, 0.05) is 23.9 Å². The first-order chi connectivity index (χ1) is 15.0. The Hall–Kier alpha value is -3.20. The van der Waals surface area contributed by atoms with Crippen LogP contribution in [0.15, 0.2) is 43.0 Å². The average Bonchev–Trinajstić information content (AvgIpc) is 2.73. The Morgan fingerprint density at radius 2 is 1.88 bits per heavy atom. The molecule has 0 saturated heterocycles. The molecular weight excluding hydrogens is 449 g/mol. The van der Waals surface area contributed by atoms with Crippen molar-refractivity contribution < 1.29 is 32.2 Å². The van der Waals surface area contributed by atoms with Crippen LogP contribution in [0.4, 0.5) is 18.9 Å². The molecular formula is C22H22ClF3N2O4. The number of anilines is 1. The summed E-state index contributed by atoms with van der Waals surface area (Å²) in [7, 11) is 4.31. The van der Waals surface area contributed by atoms with Crippen molar-refractivity contribution in [2.45, 2.75) is 12.6 Å². The highest BCUT2D eigenvalue weighted by Crippen LogP contribution is 2.36. The van der Waals surface area contributed by atoms with Gasteiger partial charge in [0.05, 0.1) is 31.4 Å². The van der Waals surface area contributed by atoms with Crippen LogP contribution in [0.5, 0.6) is 11.5 Å². The van der Waals surface area contributed by atoms with Crippen molar-refractivity contribution in [2.24, 2.45) is 0 Å². The molecule has 0 unspecified atom stereocenters. The molecule has 2 aromatic carbocycles. The molecule has 0 spiro atoms. The van der Waals surface area contributed by atoms with Crippen molar-refractivity contribution in [3.63, 3.8) is 0 Å². The summed E-state index contributed by atoms with van der Waals surface area (Å²) >= 11 is 5.58. The SMILES string of the molecule is C=CCc1cc(C(=O)N(C)CC(=O)Nc2ccc(Cl)c(C(F)(F)F)c2)cc(OC)c1OC. The molecule has 0 atom stereocenters. The van der Waals surface area contributed by atoms with Gasteiger partial charge in [0.15, 0.2) is 11.5 Å². The minimum absolute atomic E-state index is 0.0908. The number of hydrogen-bond acceptors (Lipinski definition) is 4. The van der Waals surface area contributed by atoms with E-state index >= 15 is 0 Å². The summed E-state index contributed by atoms with van der Waals surface area (Å²) in [5, 5.41) is 1.86. The lowest BCUT2D eigenvalue weighted by atomic mass is 10.0. The Morgan fingerprint density at radius 1 is 1.19 bits per heavy atom. The third kappa shape index (κ3) is 5.94. The summed E-state index contributed by atoms with van der Waals surface area (Å²) in [6.45, 7) is 3.28. The molecule has 0 bridgehead atoms. The van der Waals surface area contributed by atoms with E-state index in [1.165, 1.54) is 33.4 Å². The van der Waals surface area contributed by atoms with Crippen LogP contribution >= 0.6 is 11.6 Å². The number of methoxy groups -OCH3 is 2. The Balaban J connectivity index is 2.18. The van der Waals surface area contributed by atoms with Crippen LogP contribution in [0, 0.1) is 0 Å². The van der Waals surface area contributed by atoms with Gasteiger partial charge in [-0.1, -0.05) is 17.7 Å². The molecule has 2 rings (SSSR count). The van der Waals surface area contributed by atoms with Crippen molar-refractivity contribution in [2.75, 3.05) is 33.1 Å². The Labute approximate surface area is 188 Å². The Kier molecular flexibility index (Phi) is 8.15. The van der Waals surface area contributed by atoms with Gasteiger partial charge in [-0.05, 0) is 36.8 Å². The fraction of sp³-hybridized carbons (Fsp3) is 0.273. The molecule has 6 nitrogen and oxygen atoms in total. The number of amides is 2. The van der Waals surface area contributed by atoms with Crippen LogP contribution in [0.1, 0.15) is 21.5 Å². The Morgan fingerprint density at radius 3 is 2.44 bits per heavy atom. The van der Waals surface area contributed by atoms with Crippen LogP contribution in [0.2, 0.25) is 5.02 Å². The van der Waals surface area contributed by atoms with E-state index < -0.39 is 35.1 Å². The summed E-state index contributed by atoms with van der Waals surface area (Å²) in [6, 6.07) is 6.11. The van der Waals surface area contributed by atoms with E-state index in [4.69, 9.17) is 21.1 Å². The topological polar surface area (TPSA) is 67.9 Å². The van der Waals surface area contributed by atoms with Gasteiger partial charge < -0.3 is 19.7 Å². The first-order valence-electron chi connectivity index (χ1n) is 9.29. The molecule has 0 fully saturated rings. The largest absolute Gasteiger partial charge is 0.493 e. The third-order valence-corrected chi connectivity index (χ3v) is 4.78. The van der Waals surface area contributed by atoms with Gasteiger partial charge >= 0.3 is 6.18 Å². The number of carbonyl (C=O) groups excluding carboxylic acids is 2. The van der Waals surface area contributed by atoms with Gasteiger partial charge in [0.25, 0.3) is 5.91 Å². The van der Waals surface area contributed by atoms with E-state index in [0.29, 0.717) is 23.5 Å². The van der Waals surface area contributed by atoms with Crippen molar-refractivity contribution in [3.05, 3.63) is 64.7 Å². The number of allylic oxidation sites excluding steroid dienone is 1.